The summed E-state index contributed by atoms with van der Waals surface area (Å²) in [5.41, 5.74) is 0.910. The molecule has 1 unspecified atom stereocenters. The van der Waals surface area contributed by atoms with E-state index in [1.807, 2.05) is 18.2 Å². The van der Waals surface area contributed by atoms with Crippen LogP contribution in [0.3, 0.4) is 0 Å². The molecule has 1 aromatic carbocycles. The Kier molecular flexibility index (Phi) is 7.18. The topological polar surface area (TPSA) is 58.1 Å². The fourth-order valence-electron chi connectivity index (χ4n) is 2.97. The Bertz CT molecular complexity index is 542. The first-order valence-electron chi connectivity index (χ1n) is 8.58. The molecule has 0 aromatic heterocycles. The number of guanidine groups is 1. The van der Waals surface area contributed by atoms with Crippen LogP contribution in [0.15, 0.2) is 23.2 Å². The molecule has 6 nitrogen and oxygen atoms in total. The van der Waals surface area contributed by atoms with Crippen LogP contribution >= 0.6 is 0 Å². The minimum absolute atomic E-state index is 0.576. The van der Waals surface area contributed by atoms with Crippen molar-refractivity contribution in [3.63, 3.8) is 0 Å². The van der Waals surface area contributed by atoms with Gasteiger partial charge < -0.3 is 25.0 Å². The van der Waals surface area contributed by atoms with Gasteiger partial charge in [-0.2, -0.15) is 0 Å². The summed E-state index contributed by atoms with van der Waals surface area (Å²) < 4.78 is 10.6. The molecule has 1 atom stereocenters. The number of hydrogen-bond donors (Lipinski definition) is 2. The van der Waals surface area contributed by atoms with Gasteiger partial charge in [0.1, 0.15) is 0 Å². The summed E-state index contributed by atoms with van der Waals surface area (Å²) in [7, 11) is 5.04. The molecule has 0 amide bonds. The van der Waals surface area contributed by atoms with Gasteiger partial charge in [0.2, 0.25) is 0 Å². The van der Waals surface area contributed by atoms with Crippen LogP contribution in [0.25, 0.3) is 0 Å². The van der Waals surface area contributed by atoms with Gasteiger partial charge in [-0.1, -0.05) is 6.92 Å². The van der Waals surface area contributed by atoms with E-state index in [-0.39, 0.29) is 0 Å². The Morgan fingerprint density at radius 1 is 1.21 bits per heavy atom. The van der Waals surface area contributed by atoms with E-state index in [0.717, 1.165) is 24.7 Å². The molecule has 1 heterocycles. The number of aliphatic imine (C=N–C) groups is 1. The number of rotatable bonds is 7. The zero-order valence-electron chi connectivity index (χ0n) is 15.3. The summed E-state index contributed by atoms with van der Waals surface area (Å²) in [5.74, 6) is 2.74. The number of anilines is 1. The van der Waals surface area contributed by atoms with Gasteiger partial charge in [-0.05, 0) is 44.0 Å². The molecule has 0 radical (unpaired) electrons. The molecule has 134 valence electrons. The monoisotopic (exact) mass is 334 g/mol. The zero-order chi connectivity index (χ0) is 17.4. The molecule has 1 fully saturated rings. The molecular formula is C18H30N4O2. The first-order valence-corrected chi connectivity index (χ1v) is 8.58. The quantitative estimate of drug-likeness (QED) is 0.592. The second-order valence-electron chi connectivity index (χ2n) is 6.26. The lowest BCUT2D eigenvalue weighted by Gasteiger charge is -2.21. The van der Waals surface area contributed by atoms with Crippen LogP contribution in [0, 0.1) is 5.92 Å². The fraction of sp³-hybridized carbons (Fsp3) is 0.611. The van der Waals surface area contributed by atoms with E-state index < -0.39 is 0 Å². The van der Waals surface area contributed by atoms with Crippen molar-refractivity contribution in [1.29, 1.82) is 0 Å². The summed E-state index contributed by atoms with van der Waals surface area (Å²) in [4.78, 5) is 6.83. The minimum Gasteiger partial charge on any atom is -0.493 e. The van der Waals surface area contributed by atoms with Gasteiger partial charge in [-0.3, -0.25) is 4.99 Å². The minimum atomic E-state index is 0.576. The van der Waals surface area contributed by atoms with E-state index in [2.05, 4.69) is 27.4 Å². The zero-order valence-corrected chi connectivity index (χ0v) is 15.3. The predicted octanol–water partition coefficient (Wildman–Crippen LogP) is 2.42. The largest absolute Gasteiger partial charge is 0.493 e. The number of nitrogens with one attached hydrogen (secondary N) is 2. The molecule has 1 aromatic rings. The summed E-state index contributed by atoms with van der Waals surface area (Å²) in [5, 5.41) is 6.69. The van der Waals surface area contributed by atoms with Crippen molar-refractivity contribution in [3.8, 4) is 11.5 Å². The Balaban J connectivity index is 1.85. The smallest absolute Gasteiger partial charge is 0.195 e. The molecular weight excluding hydrogens is 304 g/mol. The van der Waals surface area contributed by atoms with E-state index in [1.165, 1.54) is 25.9 Å². The van der Waals surface area contributed by atoms with Gasteiger partial charge in [-0.25, -0.2) is 0 Å². The summed E-state index contributed by atoms with van der Waals surface area (Å²) in [6.45, 7) is 6.78. The summed E-state index contributed by atoms with van der Waals surface area (Å²) in [6, 6.07) is 5.73. The molecule has 2 rings (SSSR count). The molecule has 0 saturated carbocycles. The van der Waals surface area contributed by atoms with Crippen LogP contribution < -0.4 is 20.1 Å². The number of hydrogen-bond acceptors (Lipinski definition) is 4. The first kappa shape index (κ1) is 18.4. The Morgan fingerprint density at radius 2 is 1.92 bits per heavy atom. The van der Waals surface area contributed by atoms with E-state index >= 15 is 0 Å². The van der Waals surface area contributed by atoms with Gasteiger partial charge in [0, 0.05) is 31.9 Å². The van der Waals surface area contributed by atoms with Gasteiger partial charge in [-0.15, -0.1) is 0 Å². The number of benzene rings is 1. The number of ether oxygens (including phenoxy) is 2. The van der Waals surface area contributed by atoms with Crippen molar-refractivity contribution in [2.75, 3.05) is 52.8 Å². The molecule has 24 heavy (non-hydrogen) atoms. The van der Waals surface area contributed by atoms with Gasteiger partial charge >= 0.3 is 0 Å². The predicted molar refractivity (Wildman–Crippen MR) is 99.4 cm³/mol. The first-order chi connectivity index (χ1) is 11.7. The summed E-state index contributed by atoms with van der Waals surface area (Å²) in [6.07, 6.45) is 2.67. The van der Waals surface area contributed by atoms with Crippen LogP contribution in [0.1, 0.15) is 19.8 Å². The molecule has 0 aliphatic carbocycles. The van der Waals surface area contributed by atoms with Crippen LogP contribution in [0.2, 0.25) is 0 Å². The third-order valence-corrected chi connectivity index (χ3v) is 4.26. The molecule has 1 saturated heterocycles. The van der Waals surface area contributed by atoms with E-state index in [0.29, 0.717) is 17.4 Å². The van der Waals surface area contributed by atoms with Crippen LogP contribution in [0.5, 0.6) is 11.5 Å². The van der Waals surface area contributed by atoms with Crippen molar-refractivity contribution in [1.82, 2.24) is 10.2 Å². The van der Waals surface area contributed by atoms with Crippen molar-refractivity contribution in [2.24, 2.45) is 10.9 Å². The second-order valence-corrected chi connectivity index (χ2v) is 6.26. The number of nitrogens with zero attached hydrogens (tertiary/aromatic N) is 2. The number of methoxy groups -OCH3 is 2. The highest BCUT2D eigenvalue weighted by molar-refractivity contribution is 5.93. The Hall–Kier alpha value is -1.95. The maximum atomic E-state index is 5.33. The van der Waals surface area contributed by atoms with Gasteiger partial charge in [0.15, 0.2) is 17.5 Å². The van der Waals surface area contributed by atoms with Crippen molar-refractivity contribution in [2.45, 2.75) is 19.8 Å². The number of likely N-dealkylation sites (tertiary alicyclic amines) is 1. The van der Waals surface area contributed by atoms with E-state index in [4.69, 9.17) is 9.47 Å². The second kappa shape index (κ2) is 9.37. The molecule has 6 heteroatoms. The van der Waals surface area contributed by atoms with Crippen molar-refractivity contribution < 1.29 is 9.47 Å². The molecule has 0 spiro atoms. The highest BCUT2D eigenvalue weighted by Gasteiger charge is 2.15. The molecule has 1 aliphatic rings. The lowest BCUT2D eigenvalue weighted by atomic mass is 10.1. The van der Waals surface area contributed by atoms with Crippen LogP contribution in [-0.4, -0.2) is 58.3 Å². The van der Waals surface area contributed by atoms with Crippen molar-refractivity contribution >= 4 is 11.6 Å². The molecule has 2 N–H and O–H groups in total. The lowest BCUT2D eigenvalue weighted by Crippen LogP contribution is -2.37. The molecule has 1 aliphatic heterocycles. The SMILES string of the molecule is CN=C(NCC(C)CN1CCCC1)Nc1ccc(OC)c(OC)c1. The Labute approximate surface area is 145 Å². The van der Waals surface area contributed by atoms with Crippen LogP contribution in [0.4, 0.5) is 5.69 Å². The van der Waals surface area contributed by atoms with E-state index in [1.54, 1.807) is 21.3 Å². The third-order valence-electron chi connectivity index (χ3n) is 4.26. The molecule has 0 bridgehead atoms. The lowest BCUT2D eigenvalue weighted by molar-refractivity contribution is 0.288. The highest BCUT2D eigenvalue weighted by atomic mass is 16.5. The van der Waals surface area contributed by atoms with Gasteiger partial charge in [0.25, 0.3) is 0 Å². The Morgan fingerprint density at radius 3 is 2.54 bits per heavy atom. The normalized spacial score (nSPS) is 16.8. The maximum absolute atomic E-state index is 5.33. The standard InChI is InChI=1S/C18H30N4O2/c1-14(13-22-9-5-6-10-22)12-20-18(19-2)21-15-7-8-16(23-3)17(11-15)24-4/h7-8,11,14H,5-6,9-10,12-13H2,1-4H3,(H2,19,20,21). The summed E-state index contributed by atoms with van der Waals surface area (Å²) >= 11 is 0. The van der Waals surface area contributed by atoms with E-state index in [9.17, 15) is 0 Å². The average molecular weight is 334 g/mol. The van der Waals surface area contributed by atoms with Crippen molar-refractivity contribution in [3.05, 3.63) is 18.2 Å². The van der Waals surface area contributed by atoms with Gasteiger partial charge in [0.05, 0.1) is 14.2 Å². The third kappa shape index (κ3) is 5.30. The van der Waals surface area contributed by atoms with Crippen LogP contribution in [-0.2, 0) is 0 Å². The highest BCUT2D eigenvalue weighted by Crippen LogP contribution is 2.29. The maximum Gasteiger partial charge on any atom is 0.195 e. The fourth-order valence-corrected chi connectivity index (χ4v) is 2.97. The average Bonchev–Trinajstić information content (AvgIpc) is 3.11.